The Labute approximate surface area is 162 Å². The van der Waals surface area contributed by atoms with Crippen LogP contribution in [0, 0.1) is 0 Å². The Morgan fingerprint density at radius 3 is 2.68 bits per heavy atom. The first-order valence-corrected chi connectivity index (χ1v) is 9.31. The number of nitrogens with zero attached hydrogens (tertiary/aromatic N) is 2. The molecule has 0 saturated heterocycles. The molecule has 0 radical (unpaired) electrons. The fourth-order valence-electron chi connectivity index (χ4n) is 2.98. The molecule has 0 fully saturated rings. The maximum atomic E-state index is 12.1. The number of aryl methyl sites for hydroxylation is 1. The van der Waals surface area contributed by atoms with Crippen LogP contribution in [-0.4, -0.2) is 29.3 Å². The number of nitrogens with one attached hydrogen (secondary N) is 1. The smallest absolute Gasteiger partial charge is 0.247 e. The van der Waals surface area contributed by atoms with Crippen molar-refractivity contribution in [3.63, 3.8) is 0 Å². The van der Waals surface area contributed by atoms with Crippen LogP contribution < -0.4 is 14.8 Å². The molecule has 2 heterocycles. The highest BCUT2D eigenvalue weighted by Gasteiger charge is 2.12. The minimum Gasteiger partial charge on any atom is -0.486 e. The molecule has 1 aromatic heterocycles. The molecule has 7 nitrogen and oxygen atoms in total. The lowest BCUT2D eigenvalue weighted by molar-refractivity contribution is -0.121. The van der Waals surface area contributed by atoms with Gasteiger partial charge >= 0.3 is 0 Å². The normalized spacial score (nSPS) is 12.6. The van der Waals surface area contributed by atoms with Crippen molar-refractivity contribution in [3.05, 3.63) is 60.0 Å². The Balaban J connectivity index is 1.22. The van der Waals surface area contributed by atoms with E-state index < -0.39 is 0 Å². The highest BCUT2D eigenvalue weighted by atomic mass is 16.6. The van der Waals surface area contributed by atoms with E-state index in [0.29, 0.717) is 31.4 Å². The minimum atomic E-state index is -0.0444. The number of hydrogen-bond donors (Lipinski definition) is 1. The van der Waals surface area contributed by atoms with E-state index in [4.69, 9.17) is 13.9 Å². The molecule has 0 unspecified atom stereocenters. The van der Waals surface area contributed by atoms with Gasteiger partial charge in [0.1, 0.15) is 13.2 Å². The molecule has 144 valence electrons. The van der Waals surface area contributed by atoms with E-state index >= 15 is 0 Å². The molecule has 7 heteroatoms. The average molecular weight is 379 g/mol. The molecule has 1 amide bonds. The third kappa shape index (κ3) is 4.49. The van der Waals surface area contributed by atoms with E-state index in [1.165, 1.54) is 0 Å². The van der Waals surface area contributed by atoms with Gasteiger partial charge in [0.05, 0.1) is 6.54 Å². The van der Waals surface area contributed by atoms with E-state index in [2.05, 4.69) is 15.5 Å². The second-order valence-electron chi connectivity index (χ2n) is 6.48. The Morgan fingerprint density at radius 2 is 1.82 bits per heavy atom. The summed E-state index contributed by atoms with van der Waals surface area (Å²) in [6.45, 7) is 1.38. The molecule has 1 aliphatic heterocycles. The van der Waals surface area contributed by atoms with Gasteiger partial charge in [-0.15, -0.1) is 10.2 Å². The van der Waals surface area contributed by atoms with Crippen LogP contribution in [0.3, 0.4) is 0 Å². The molecule has 0 atom stereocenters. The molecule has 3 aromatic rings. The van der Waals surface area contributed by atoms with E-state index in [1.807, 2.05) is 48.5 Å². The molecule has 0 bridgehead atoms. The van der Waals surface area contributed by atoms with Gasteiger partial charge in [-0.05, 0) is 42.7 Å². The van der Waals surface area contributed by atoms with Gasteiger partial charge in [-0.2, -0.15) is 0 Å². The minimum absolute atomic E-state index is 0.0444. The second-order valence-corrected chi connectivity index (χ2v) is 6.48. The number of carbonyl (C=O) groups is 1. The Bertz CT molecular complexity index is 940. The molecular weight excluding hydrogens is 358 g/mol. The first-order valence-electron chi connectivity index (χ1n) is 9.31. The first kappa shape index (κ1) is 18.0. The Hall–Kier alpha value is -3.35. The van der Waals surface area contributed by atoms with Crippen LogP contribution in [0.25, 0.3) is 11.5 Å². The van der Waals surface area contributed by atoms with Crippen molar-refractivity contribution in [2.75, 3.05) is 13.2 Å². The van der Waals surface area contributed by atoms with Crippen molar-refractivity contribution in [1.82, 2.24) is 15.5 Å². The highest BCUT2D eigenvalue weighted by Crippen LogP contribution is 2.31. The van der Waals surface area contributed by atoms with Crippen molar-refractivity contribution < 1.29 is 18.7 Å². The zero-order chi connectivity index (χ0) is 19.2. The zero-order valence-electron chi connectivity index (χ0n) is 15.4. The van der Waals surface area contributed by atoms with Gasteiger partial charge in [0.15, 0.2) is 11.5 Å². The molecule has 4 rings (SSSR count). The summed E-state index contributed by atoms with van der Waals surface area (Å²) in [5.74, 6) is 2.35. The van der Waals surface area contributed by atoms with E-state index in [0.717, 1.165) is 35.5 Å². The summed E-state index contributed by atoms with van der Waals surface area (Å²) in [4.78, 5) is 12.1. The summed E-state index contributed by atoms with van der Waals surface area (Å²) < 4.78 is 16.7. The molecule has 2 aromatic carbocycles. The molecule has 0 aliphatic carbocycles. The van der Waals surface area contributed by atoms with Crippen LogP contribution in [-0.2, 0) is 17.8 Å². The lowest BCUT2D eigenvalue weighted by Crippen LogP contribution is -2.22. The fraction of sp³-hybridized carbons (Fsp3) is 0.286. The number of fused-ring (bicyclic) bond motifs is 1. The van der Waals surface area contributed by atoms with Gasteiger partial charge in [0.2, 0.25) is 17.7 Å². The third-order valence-corrected chi connectivity index (χ3v) is 4.40. The largest absolute Gasteiger partial charge is 0.486 e. The first-order chi connectivity index (χ1) is 13.8. The van der Waals surface area contributed by atoms with E-state index in [9.17, 15) is 4.79 Å². The van der Waals surface area contributed by atoms with Gasteiger partial charge in [0, 0.05) is 12.0 Å². The van der Waals surface area contributed by atoms with E-state index in [1.54, 1.807) is 0 Å². The molecule has 28 heavy (non-hydrogen) atoms. The highest BCUT2D eigenvalue weighted by molar-refractivity contribution is 5.75. The standard InChI is InChI=1S/C21H21N3O4/c25-19(8-4-5-15-9-10-17-18(13-15)27-12-11-26-17)22-14-20-23-24-21(28-20)16-6-2-1-3-7-16/h1-3,6-7,9-10,13H,4-5,8,11-12,14H2,(H,22,25). The van der Waals surface area contributed by atoms with Crippen molar-refractivity contribution in [2.24, 2.45) is 0 Å². The van der Waals surface area contributed by atoms with Crippen LogP contribution >= 0.6 is 0 Å². The van der Waals surface area contributed by atoms with Gasteiger partial charge in [-0.1, -0.05) is 24.3 Å². The monoisotopic (exact) mass is 379 g/mol. The average Bonchev–Trinajstić information content (AvgIpc) is 3.22. The van der Waals surface area contributed by atoms with Gasteiger partial charge < -0.3 is 19.2 Å². The number of amides is 1. The zero-order valence-corrected chi connectivity index (χ0v) is 15.4. The van der Waals surface area contributed by atoms with Crippen molar-refractivity contribution >= 4 is 5.91 Å². The maximum Gasteiger partial charge on any atom is 0.247 e. The summed E-state index contributed by atoms with van der Waals surface area (Å²) in [7, 11) is 0. The second kappa shape index (κ2) is 8.56. The molecule has 0 saturated carbocycles. The van der Waals surface area contributed by atoms with Crippen LogP contribution in [0.5, 0.6) is 11.5 Å². The van der Waals surface area contributed by atoms with Gasteiger partial charge in [0.25, 0.3) is 0 Å². The number of rotatable bonds is 7. The number of ether oxygens (including phenoxy) is 2. The summed E-state index contributed by atoms with van der Waals surface area (Å²) >= 11 is 0. The fourth-order valence-corrected chi connectivity index (χ4v) is 2.98. The lowest BCUT2D eigenvalue weighted by atomic mass is 10.1. The predicted molar refractivity (Wildman–Crippen MR) is 102 cm³/mol. The molecule has 0 spiro atoms. The van der Waals surface area contributed by atoms with Crippen molar-refractivity contribution in [3.8, 4) is 23.0 Å². The van der Waals surface area contributed by atoms with Crippen LogP contribution in [0.2, 0.25) is 0 Å². The summed E-state index contributed by atoms with van der Waals surface area (Å²) in [6, 6.07) is 15.4. The predicted octanol–water partition coefficient (Wildman–Crippen LogP) is 3.15. The summed E-state index contributed by atoms with van der Waals surface area (Å²) in [5.41, 5.74) is 1.98. The maximum absolute atomic E-state index is 12.1. The Kier molecular flexibility index (Phi) is 5.51. The number of aromatic nitrogens is 2. The van der Waals surface area contributed by atoms with Gasteiger partial charge in [-0.25, -0.2) is 0 Å². The van der Waals surface area contributed by atoms with Crippen LogP contribution in [0.1, 0.15) is 24.3 Å². The summed E-state index contributed by atoms with van der Waals surface area (Å²) in [5, 5.41) is 10.8. The van der Waals surface area contributed by atoms with E-state index in [-0.39, 0.29) is 12.5 Å². The quantitative estimate of drug-likeness (QED) is 0.679. The molecule has 1 N–H and O–H groups in total. The molecular formula is C21H21N3O4. The molecule has 1 aliphatic rings. The van der Waals surface area contributed by atoms with Gasteiger partial charge in [-0.3, -0.25) is 4.79 Å². The SMILES string of the molecule is O=C(CCCc1ccc2c(c1)OCCO2)NCc1nnc(-c2ccccc2)o1. The number of carbonyl (C=O) groups excluding carboxylic acids is 1. The summed E-state index contributed by atoms with van der Waals surface area (Å²) in [6.07, 6.45) is 1.96. The van der Waals surface area contributed by atoms with Crippen molar-refractivity contribution in [1.29, 1.82) is 0 Å². The topological polar surface area (TPSA) is 86.5 Å². The Morgan fingerprint density at radius 1 is 1.00 bits per heavy atom. The van der Waals surface area contributed by atoms with Crippen LogP contribution in [0.15, 0.2) is 52.9 Å². The van der Waals surface area contributed by atoms with Crippen LogP contribution in [0.4, 0.5) is 0 Å². The third-order valence-electron chi connectivity index (χ3n) is 4.40. The van der Waals surface area contributed by atoms with Crippen molar-refractivity contribution in [2.45, 2.75) is 25.8 Å². The number of benzene rings is 2. The lowest BCUT2D eigenvalue weighted by Gasteiger charge is -2.18. The number of hydrogen-bond acceptors (Lipinski definition) is 6.